The van der Waals surface area contributed by atoms with Crippen molar-refractivity contribution < 1.29 is 9.47 Å². The summed E-state index contributed by atoms with van der Waals surface area (Å²) in [5.41, 5.74) is 5.82. The van der Waals surface area contributed by atoms with E-state index in [1.54, 1.807) is 0 Å². The van der Waals surface area contributed by atoms with Crippen molar-refractivity contribution >= 4 is 0 Å². The SMILES string of the molecule is CC1(C)CN(CC2C(N)C(C)(C)OC2(C)C)CC(C)(C)O1. The third kappa shape index (κ3) is 3.61. The number of hydrogen-bond acceptors (Lipinski definition) is 4. The van der Waals surface area contributed by atoms with Gasteiger partial charge in [-0.1, -0.05) is 0 Å². The van der Waals surface area contributed by atoms with Crippen LogP contribution in [0.15, 0.2) is 0 Å². The molecule has 0 aliphatic carbocycles. The minimum absolute atomic E-state index is 0.0570. The van der Waals surface area contributed by atoms with Gasteiger partial charge < -0.3 is 15.2 Å². The number of hydrogen-bond donors (Lipinski definition) is 1. The Hall–Kier alpha value is -0.160. The highest BCUT2D eigenvalue weighted by molar-refractivity contribution is 5.05. The first-order chi connectivity index (χ1) is 9.24. The van der Waals surface area contributed by atoms with Crippen LogP contribution in [0.4, 0.5) is 0 Å². The van der Waals surface area contributed by atoms with Crippen molar-refractivity contribution in [3.8, 4) is 0 Å². The highest BCUT2D eigenvalue weighted by atomic mass is 16.5. The van der Waals surface area contributed by atoms with E-state index in [0.29, 0.717) is 5.92 Å². The summed E-state index contributed by atoms with van der Waals surface area (Å²) in [6, 6.07) is 0.0570. The minimum atomic E-state index is -0.258. The zero-order valence-corrected chi connectivity index (χ0v) is 15.1. The van der Waals surface area contributed by atoms with Crippen LogP contribution in [-0.4, -0.2) is 53.0 Å². The third-order valence-corrected chi connectivity index (χ3v) is 4.87. The molecular formula is C17H34N2O2. The van der Waals surface area contributed by atoms with Crippen LogP contribution in [0.25, 0.3) is 0 Å². The van der Waals surface area contributed by atoms with Crippen molar-refractivity contribution in [2.45, 2.75) is 83.8 Å². The minimum Gasteiger partial charge on any atom is -0.368 e. The molecule has 2 rings (SSSR count). The van der Waals surface area contributed by atoms with Crippen molar-refractivity contribution in [3.05, 3.63) is 0 Å². The zero-order chi connectivity index (χ0) is 16.3. The summed E-state index contributed by atoms with van der Waals surface area (Å²) in [6.07, 6.45) is 0. The summed E-state index contributed by atoms with van der Waals surface area (Å²) in [5.74, 6) is 0.331. The van der Waals surface area contributed by atoms with Gasteiger partial charge in [-0.15, -0.1) is 0 Å². The first-order valence-electron chi connectivity index (χ1n) is 8.12. The van der Waals surface area contributed by atoms with E-state index in [1.807, 2.05) is 0 Å². The van der Waals surface area contributed by atoms with Crippen LogP contribution >= 0.6 is 0 Å². The molecule has 4 heteroatoms. The molecule has 0 radical (unpaired) electrons. The van der Waals surface area contributed by atoms with Gasteiger partial charge in [0.2, 0.25) is 0 Å². The van der Waals surface area contributed by atoms with Gasteiger partial charge in [0.15, 0.2) is 0 Å². The molecule has 2 aliphatic heterocycles. The Morgan fingerprint density at radius 2 is 1.33 bits per heavy atom. The number of nitrogens with zero attached hydrogens (tertiary/aromatic N) is 1. The fourth-order valence-electron chi connectivity index (χ4n) is 4.42. The summed E-state index contributed by atoms with van der Waals surface area (Å²) >= 11 is 0. The molecule has 21 heavy (non-hydrogen) atoms. The van der Waals surface area contributed by atoms with Gasteiger partial charge in [-0.3, -0.25) is 4.90 Å². The molecule has 2 atom stereocenters. The molecule has 4 nitrogen and oxygen atoms in total. The van der Waals surface area contributed by atoms with Crippen LogP contribution in [-0.2, 0) is 9.47 Å². The van der Waals surface area contributed by atoms with E-state index in [-0.39, 0.29) is 28.4 Å². The predicted molar refractivity (Wildman–Crippen MR) is 86.4 cm³/mol. The molecule has 0 amide bonds. The highest BCUT2D eigenvalue weighted by Gasteiger charge is 2.53. The van der Waals surface area contributed by atoms with Crippen molar-refractivity contribution in [2.24, 2.45) is 11.7 Å². The molecule has 0 spiro atoms. The van der Waals surface area contributed by atoms with Crippen LogP contribution in [0.2, 0.25) is 0 Å². The average molecular weight is 298 g/mol. The van der Waals surface area contributed by atoms with Gasteiger partial charge in [-0.2, -0.15) is 0 Å². The van der Waals surface area contributed by atoms with Crippen molar-refractivity contribution in [3.63, 3.8) is 0 Å². The summed E-state index contributed by atoms with van der Waals surface area (Å²) < 4.78 is 12.4. The normalized spacial score (nSPS) is 37.6. The Morgan fingerprint density at radius 3 is 1.71 bits per heavy atom. The molecule has 0 aromatic carbocycles. The second kappa shape index (κ2) is 4.92. The van der Waals surface area contributed by atoms with Crippen LogP contribution < -0.4 is 5.73 Å². The Kier molecular flexibility index (Phi) is 4.03. The van der Waals surface area contributed by atoms with Gasteiger partial charge in [0.1, 0.15) is 0 Å². The molecule has 2 aliphatic rings. The molecule has 2 unspecified atom stereocenters. The van der Waals surface area contributed by atoms with Crippen molar-refractivity contribution in [1.82, 2.24) is 4.90 Å². The molecule has 2 N–H and O–H groups in total. The number of rotatable bonds is 2. The molecule has 0 aromatic rings. The van der Waals surface area contributed by atoms with E-state index in [4.69, 9.17) is 15.2 Å². The molecule has 2 fully saturated rings. The topological polar surface area (TPSA) is 47.7 Å². The smallest absolute Gasteiger partial charge is 0.0788 e. The molecule has 124 valence electrons. The lowest BCUT2D eigenvalue weighted by molar-refractivity contribution is -0.184. The first kappa shape index (κ1) is 17.2. The van der Waals surface area contributed by atoms with E-state index < -0.39 is 0 Å². The standard InChI is InChI=1S/C17H34N2O2/c1-14(2)10-19(11-15(3,4)20-14)9-12-13(18)17(7,8)21-16(12,5)6/h12-13H,9-11,18H2,1-8H3. The molecule has 0 aromatic heterocycles. The average Bonchev–Trinajstić information content (AvgIpc) is 2.31. The van der Waals surface area contributed by atoms with Crippen molar-refractivity contribution in [1.29, 1.82) is 0 Å². The van der Waals surface area contributed by atoms with E-state index >= 15 is 0 Å². The Labute approximate surface area is 130 Å². The maximum atomic E-state index is 6.50. The summed E-state index contributed by atoms with van der Waals surface area (Å²) in [5, 5.41) is 0. The number of nitrogens with two attached hydrogens (primary N) is 1. The van der Waals surface area contributed by atoms with Crippen molar-refractivity contribution in [2.75, 3.05) is 19.6 Å². The number of ether oxygens (including phenoxy) is 2. The van der Waals surface area contributed by atoms with Gasteiger partial charge in [-0.25, -0.2) is 0 Å². The molecule has 2 heterocycles. The summed E-state index contributed by atoms with van der Waals surface area (Å²) in [6.45, 7) is 20.1. The van der Waals surface area contributed by atoms with Gasteiger partial charge >= 0.3 is 0 Å². The van der Waals surface area contributed by atoms with Gasteiger partial charge in [0.05, 0.1) is 22.4 Å². The number of morpholine rings is 1. The highest BCUT2D eigenvalue weighted by Crippen LogP contribution is 2.42. The van der Waals surface area contributed by atoms with E-state index in [2.05, 4.69) is 60.3 Å². The molecule has 0 bridgehead atoms. The Balaban J connectivity index is 2.14. The molecule has 0 saturated carbocycles. The summed E-state index contributed by atoms with van der Waals surface area (Å²) in [4.78, 5) is 2.50. The van der Waals surface area contributed by atoms with Crippen LogP contribution in [0.1, 0.15) is 55.4 Å². The maximum absolute atomic E-state index is 6.50. The Morgan fingerprint density at radius 1 is 0.857 bits per heavy atom. The second-order valence-electron chi connectivity index (χ2n) is 9.23. The zero-order valence-electron chi connectivity index (χ0n) is 15.1. The van der Waals surface area contributed by atoms with Crippen LogP contribution in [0.5, 0.6) is 0 Å². The lowest BCUT2D eigenvalue weighted by Gasteiger charge is -2.48. The monoisotopic (exact) mass is 298 g/mol. The Bertz CT molecular complexity index is 386. The largest absolute Gasteiger partial charge is 0.368 e. The predicted octanol–water partition coefficient (Wildman–Crippen LogP) is 2.41. The fraction of sp³-hybridized carbons (Fsp3) is 1.00. The van der Waals surface area contributed by atoms with Gasteiger partial charge in [-0.05, 0) is 55.4 Å². The second-order valence-corrected chi connectivity index (χ2v) is 9.23. The molecule has 2 saturated heterocycles. The quantitative estimate of drug-likeness (QED) is 0.850. The first-order valence-corrected chi connectivity index (χ1v) is 8.12. The van der Waals surface area contributed by atoms with Gasteiger partial charge in [0, 0.05) is 31.6 Å². The fourth-order valence-corrected chi connectivity index (χ4v) is 4.42. The lowest BCUT2D eigenvalue weighted by Crippen LogP contribution is -2.59. The molecular weight excluding hydrogens is 264 g/mol. The third-order valence-electron chi connectivity index (χ3n) is 4.87. The van der Waals surface area contributed by atoms with E-state index in [1.165, 1.54) is 0 Å². The lowest BCUT2D eigenvalue weighted by atomic mass is 9.82. The van der Waals surface area contributed by atoms with Crippen LogP contribution in [0.3, 0.4) is 0 Å². The maximum Gasteiger partial charge on any atom is 0.0788 e. The van der Waals surface area contributed by atoms with Gasteiger partial charge in [0.25, 0.3) is 0 Å². The van der Waals surface area contributed by atoms with Crippen LogP contribution in [0, 0.1) is 5.92 Å². The summed E-state index contributed by atoms with van der Waals surface area (Å²) in [7, 11) is 0. The van der Waals surface area contributed by atoms with E-state index in [9.17, 15) is 0 Å². The van der Waals surface area contributed by atoms with E-state index in [0.717, 1.165) is 19.6 Å².